The fourth-order valence-corrected chi connectivity index (χ4v) is 3.22. The van der Waals surface area contributed by atoms with E-state index in [2.05, 4.69) is 29.3 Å². The monoisotopic (exact) mass is 413 g/mol. The summed E-state index contributed by atoms with van der Waals surface area (Å²) in [6.07, 6.45) is 3.00. The highest BCUT2D eigenvalue weighted by Crippen LogP contribution is 2.45. The Kier molecular flexibility index (Phi) is 5.94. The van der Waals surface area contributed by atoms with E-state index in [0.717, 1.165) is 5.82 Å². The molecule has 2 aromatic heterocycles. The molecule has 13 heteroatoms. The van der Waals surface area contributed by atoms with E-state index in [-0.39, 0.29) is 12.0 Å². The Morgan fingerprint density at radius 3 is 2.96 bits per heavy atom. The summed E-state index contributed by atoms with van der Waals surface area (Å²) in [5.74, 6) is 1.17. The molecule has 1 saturated heterocycles. The molecule has 3 rings (SSSR count). The van der Waals surface area contributed by atoms with Crippen molar-refractivity contribution < 1.29 is 33.3 Å². The van der Waals surface area contributed by atoms with Crippen LogP contribution in [0.5, 0.6) is 0 Å². The van der Waals surface area contributed by atoms with Gasteiger partial charge in [0.05, 0.1) is 18.5 Å². The number of nitrogens with zero attached hydrogens (tertiary/aromatic N) is 4. The minimum Gasteiger partial charge on any atom is -0.430 e. The van der Waals surface area contributed by atoms with Gasteiger partial charge in [0.1, 0.15) is 18.1 Å². The van der Waals surface area contributed by atoms with Crippen LogP contribution in [-0.4, -0.2) is 42.8 Å². The van der Waals surface area contributed by atoms with Crippen molar-refractivity contribution in [2.75, 3.05) is 5.73 Å². The second-order valence-corrected chi connectivity index (χ2v) is 7.85. The summed E-state index contributed by atoms with van der Waals surface area (Å²) in [6, 6.07) is 0. The summed E-state index contributed by atoms with van der Waals surface area (Å²) in [4.78, 5) is 37.3. The molecule has 3 N–H and O–H groups in total. The van der Waals surface area contributed by atoms with Crippen molar-refractivity contribution in [1.29, 1.82) is 0 Å². The van der Waals surface area contributed by atoms with E-state index in [9.17, 15) is 14.3 Å². The number of ether oxygens (including phenoxy) is 2. The number of hydrogen-bond donors (Lipinski definition) is 2. The van der Waals surface area contributed by atoms with Gasteiger partial charge in [0.15, 0.2) is 11.5 Å². The molecule has 0 aliphatic carbocycles. The lowest BCUT2D eigenvalue weighted by atomic mass is 10.2. The van der Waals surface area contributed by atoms with Gasteiger partial charge in [-0.2, -0.15) is 0 Å². The predicted octanol–water partition coefficient (Wildman–Crippen LogP) is 2.28. The van der Waals surface area contributed by atoms with Crippen LogP contribution in [0.25, 0.3) is 11.2 Å². The Labute approximate surface area is 159 Å². The van der Waals surface area contributed by atoms with Gasteiger partial charge in [-0.15, -0.1) is 0 Å². The average Bonchev–Trinajstić information content (AvgIpc) is 3.25. The second kappa shape index (κ2) is 8.23. The standard InChI is InChI=1S/C15H20N5O7P/c1-9(2)24-15(21)26-27-28(22,23)6-5-10-3-4-11(25-10)20-8-19-12-13(16)17-7-18-14(12)20/h5-11H,3-4H2,1-2H3,(H,22,23)(H2,16,17,18)/b6-5+. The van der Waals surface area contributed by atoms with E-state index >= 15 is 0 Å². The molecule has 3 atom stereocenters. The molecule has 0 radical (unpaired) electrons. The number of carbonyl (C=O) groups excluding carboxylic acids is 1. The van der Waals surface area contributed by atoms with Gasteiger partial charge in [0, 0.05) is 5.82 Å². The van der Waals surface area contributed by atoms with Crippen LogP contribution in [0.1, 0.15) is 32.9 Å². The normalized spacial score (nSPS) is 22.0. The van der Waals surface area contributed by atoms with Crippen molar-refractivity contribution in [1.82, 2.24) is 19.5 Å². The van der Waals surface area contributed by atoms with E-state index in [1.807, 2.05) is 0 Å². The van der Waals surface area contributed by atoms with Gasteiger partial charge in [-0.25, -0.2) is 19.7 Å². The lowest BCUT2D eigenvalue weighted by molar-refractivity contribution is -0.176. The zero-order valence-corrected chi connectivity index (χ0v) is 16.1. The molecule has 2 aromatic rings. The summed E-state index contributed by atoms with van der Waals surface area (Å²) in [6.45, 7) is 3.19. The molecule has 0 bridgehead atoms. The van der Waals surface area contributed by atoms with Crippen LogP contribution in [-0.2, 0) is 23.6 Å². The Morgan fingerprint density at radius 1 is 1.43 bits per heavy atom. The molecule has 0 amide bonds. The van der Waals surface area contributed by atoms with Crippen molar-refractivity contribution in [2.24, 2.45) is 0 Å². The Hall–Kier alpha value is -2.53. The molecule has 12 nitrogen and oxygen atoms in total. The zero-order chi connectivity index (χ0) is 20.3. The summed E-state index contributed by atoms with van der Waals surface area (Å²) < 4.78 is 28.4. The second-order valence-electron chi connectivity index (χ2n) is 6.27. The van der Waals surface area contributed by atoms with Gasteiger partial charge >= 0.3 is 13.8 Å². The van der Waals surface area contributed by atoms with Crippen LogP contribution in [0.15, 0.2) is 24.5 Å². The van der Waals surface area contributed by atoms with Gasteiger partial charge in [-0.1, -0.05) is 4.67 Å². The van der Waals surface area contributed by atoms with Crippen LogP contribution in [0.2, 0.25) is 0 Å². The van der Waals surface area contributed by atoms with E-state index in [4.69, 9.17) is 10.5 Å². The number of nitrogens with two attached hydrogens (primary N) is 1. The number of hydrogen-bond acceptors (Lipinski definition) is 10. The molecule has 0 aromatic carbocycles. The predicted molar refractivity (Wildman–Crippen MR) is 95.6 cm³/mol. The Balaban J connectivity index is 1.58. The number of anilines is 1. The minimum atomic E-state index is -4.31. The topological polar surface area (TPSA) is 161 Å². The quantitative estimate of drug-likeness (QED) is 0.309. The van der Waals surface area contributed by atoms with Crippen LogP contribution in [0.3, 0.4) is 0 Å². The first kappa shape index (κ1) is 20.2. The van der Waals surface area contributed by atoms with Crippen molar-refractivity contribution in [3.63, 3.8) is 0 Å². The van der Waals surface area contributed by atoms with E-state index in [1.54, 1.807) is 24.7 Å². The number of carbonyl (C=O) groups is 1. The zero-order valence-electron chi connectivity index (χ0n) is 15.2. The van der Waals surface area contributed by atoms with Gasteiger partial charge in [0.25, 0.3) is 0 Å². The third-order valence-corrected chi connectivity index (χ3v) is 4.60. The molecular weight excluding hydrogens is 393 g/mol. The number of aromatic nitrogens is 4. The third kappa shape index (κ3) is 4.84. The van der Waals surface area contributed by atoms with Crippen molar-refractivity contribution in [2.45, 2.75) is 45.1 Å². The van der Waals surface area contributed by atoms with Crippen molar-refractivity contribution >= 4 is 30.7 Å². The number of nitrogen functional groups attached to an aromatic ring is 1. The first-order chi connectivity index (χ1) is 13.2. The van der Waals surface area contributed by atoms with Crippen LogP contribution >= 0.6 is 7.60 Å². The third-order valence-electron chi connectivity index (χ3n) is 3.76. The molecule has 3 heterocycles. The van der Waals surface area contributed by atoms with Crippen molar-refractivity contribution in [3.8, 4) is 0 Å². The first-order valence-corrected chi connectivity index (χ1v) is 10.1. The maximum absolute atomic E-state index is 11.9. The van der Waals surface area contributed by atoms with Crippen LogP contribution in [0.4, 0.5) is 10.6 Å². The summed E-state index contributed by atoms with van der Waals surface area (Å²) in [5.41, 5.74) is 6.78. The van der Waals surface area contributed by atoms with Gasteiger partial charge < -0.3 is 20.1 Å². The Bertz CT molecular complexity index is 931. The minimum absolute atomic E-state index is 0.271. The van der Waals surface area contributed by atoms with E-state index in [0.29, 0.717) is 24.0 Å². The lowest BCUT2D eigenvalue weighted by Crippen LogP contribution is -2.12. The summed E-state index contributed by atoms with van der Waals surface area (Å²) >= 11 is 0. The first-order valence-electron chi connectivity index (χ1n) is 8.42. The van der Waals surface area contributed by atoms with Gasteiger partial charge in [-0.05, 0) is 32.8 Å². The summed E-state index contributed by atoms with van der Waals surface area (Å²) in [7, 11) is -4.31. The summed E-state index contributed by atoms with van der Waals surface area (Å²) in [5, 5.41) is 0. The highest BCUT2D eigenvalue weighted by molar-refractivity contribution is 7.56. The van der Waals surface area contributed by atoms with Gasteiger partial charge in [0.2, 0.25) is 0 Å². The number of rotatable bonds is 6. The fraction of sp³-hybridized carbons (Fsp3) is 0.467. The molecule has 1 aliphatic heterocycles. The molecule has 28 heavy (non-hydrogen) atoms. The number of fused-ring (bicyclic) bond motifs is 1. The molecule has 1 aliphatic rings. The molecule has 3 unspecified atom stereocenters. The molecule has 0 saturated carbocycles. The highest BCUT2D eigenvalue weighted by atomic mass is 31.2. The highest BCUT2D eigenvalue weighted by Gasteiger charge is 2.28. The lowest BCUT2D eigenvalue weighted by Gasteiger charge is -2.13. The molecule has 152 valence electrons. The van der Waals surface area contributed by atoms with Crippen molar-refractivity contribution in [3.05, 3.63) is 24.5 Å². The SMILES string of the molecule is CC(C)OC(=O)OOP(=O)(O)/C=C/C1CCC(n2cnc3c(N)ncnc32)O1. The molecule has 1 fully saturated rings. The largest absolute Gasteiger partial charge is 0.541 e. The Morgan fingerprint density at radius 2 is 2.21 bits per heavy atom. The van der Waals surface area contributed by atoms with Crippen LogP contribution in [0, 0.1) is 0 Å². The van der Waals surface area contributed by atoms with E-state index in [1.165, 1.54) is 12.4 Å². The van der Waals surface area contributed by atoms with Crippen LogP contribution < -0.4 is 5.73 Å². The number of imidazole rings is 1. The maximum Gasteiger partial charge on any atom is 0.541 e. The fourth-order valence-electron chi connectivity index (χ4n) is 2.60. The molecular formula is C15H20N5O7P. The maximum atomic E-state index is 11.9. The average molecular weight is 413 g/mol. The smallest absolute Gasteiger partial charge is 0.430 e. The molecule has 0 spiro atoms. The van der Waals surface area contributed by atoms with Gasteiger partial charge in [-0.3, -0.25) is 14.0 Å². The van der Waals surface area contributed by atoms with E-state index < -0.39 is 26.0 Å².